The molecule has 0 aliphatic heterocycles. The molecule has 3 atom stereocenters. The van der Waals surface area contributed by atoms with Gasteiger partial charge < -0.3 is 38.6 Å². The molecule has 0 saturated carbocycles. The van der Waals surface area contributed by atoms with Crippen LogP contribution in [0.4, 0.5) is 0 Å². The lowest BCUT2D eigenvalue weighted by Crippen LogP contribution is -2.51. The van der Waals surface area contributed by atoms with Crippen LogP contribution in [0.5, 0.6) is 0 Å². The van der Waals surface area contributed by atoms with Crippen LogP contribution in [0.25, 0.3) is 0 Å². The van der Waals surface area contributed by atoms with Gasteiger partial charge in [-0.1, -0.05) is 175 Å². The lowest BCUT2D eigenvalue weighted by molar-refractivity contribution is -0.910. The summed E-state index contributed by atoms with van der Waals surface area (Å²) in [6, 6.07) is 0. The summed E-state index contributed by atoms with van der Waals surface area (Å²) in [7, 11) is -1.39. The number of aliphatic hydroxyl groups excluding tert-OH is 3. The minimum Gasteiger partial charge on any atom is -0.726 e. The largest absolute Gasteiger partial charge is 0.726 e. The second kappa shape index (κ2) is 42.7. The van der Waals surface area contributed by atoms with Gasteiger partial charge in [0.25, 0.3) is 0 Å². The molecule has 0 aromatic rings. The first-order chi connectivity index (χ1) is 26.9. The Kier molecular flexibility index (Phi) is 44.0. The molecule has 0 radical (unpaired) electrons. The number of quaternary nitrogens is 1. The fourth-order valence-corrected chi connectivity index (χ4v) is 6.64. The van der Waals surface area contributed by atoms with Gasteiger partial charge in [-0.15, -0.1) is 0 Å². The van der Waals surface area contributed by atoms with Gasteiger partial charge in [-0.2, -0.15) is 0 Å². The number of ether oxygens (including phenoxy) is 3. The molecule has 56 heavy (non-hydrogen) atoms. The predicted molar refractivity (Wildman–Crippen MR) is 230 cm³/mol. The fraction of sp³-hybridized carbons (Fsp3) is 1.00. The summed E-state index contributed by atoms with van der Waals surface area (Å²) in [4.78, 5) is 0. The van der Waals surface area contributed by atoms with Gasteiger partial charge >= 0.3 is 0 Å². The topological polar surface area (TPSA) is 155 Å². The van der Waals surface area contributed by atoms with Gasteiger partial charge in [0, 0.05) is 0 Å². The molecule has 12 heteroatoms. The van der Waals surface area contributed by atoms with E-state index in [-0.39, 0.29) is 0 Å². The first-order valence-electron chi connectivity index (χ1n) is 23.0. The highest BCUT2D eigenvalue weighted by atomic mass is 32.3. The predicted octanol–water partition coefficient (Wildman–Crippen LogP) is 9.25. The molecule has 0 rings (SSSR count). The van der Waals surface area contributed by atoms with Crippen molar-refractivity contribution in [2.75, 3.05) is 73.4 Å². The maximum absolute atomic E-state index is 10.5. The summed E-state index contributed by atoms with van der Waals surface area (Å²) >= 11 is 0. The summed E-state index contributed by atoms with van der Waals surface area (Å²) in [6.07, 6.45) is 31.7. The lowest BCUT2D eigenvalue weighted by atomic mass is 10.1. The lowest BCUT2D eigenvalue weighted by Gasteiger charge is -2.34. The van der Waals surface area contributed by atoms with Crippen molar-refractivity contribution in [3.05, 3.63) is 0 Å². The molecule has 0 saturated heterocycles. The van der Waals surface area contributed by atoms with Crippen molar-refractivity contribution in [3.63, 3.8) is 0 Å². The third-order valence-corrected chi connectivity index (χ3v) is 11.0. The van der Waals surface area contributed by atoms with E-state index < -0.39 is 28.7 Å². The standard InChI is InChI=1S/C43H90NO6.CH4O4S/c1-5-8-11-14-17-20-23-26-29-41(45)38-48-35-32-44(4,33-36-49-39-42(46)30-27-24-21-18-15-12-9-6-2)34-37-50-40-43(47)31-28-25-22-19-16-13-10-7-3;1-5-6(2,3)4/h41-43,45-47H,5-40H2,1-4H3;1H3,(H,2,3,4)/q+1;/p-1. The average molecular weight is 828 g/mol. The number of hydrogen-bond donors (Lipinski definition) is 3. The zero-order valence-electron chi connectivity index (χ0n) is 37.2. The van der Waals surface area contributed by atoms with Crippen LogP contribution in [-0.4, -0.2) is 125 Å². The van der Waals surface area contributed by atoms with Gasteiger partial charge in [0.1, 0.15) is 19.6 Å². The van der Waals surface area contributed by atoms with Gasteiger partial charge in [-0.3, -0.25) is 4.18 Å². The number of nitrogens with zero attached hydrogens (tertiary/aromatic N) is 1. The minimum absolute atomic E-state index is 0.388. The Bertz CT molecular complexity index is 798. The van der Waals surface area contributed by atoms with E-state index in [4.69, 9.17) is 14.2 Å². The van der Waals surface area contributed by atoms with E-state index in [9.17, 15) is 28.3 Å². The second-order valence-corrected chi connectivity index (χ2v) is 17.5. The van der Waals surface area contributed by atoms with Gasteiger partial charge in [0.2, 0.25) is 10.4 Å². The quantitative estimate of drug-likeness (QED) is 0.0235. The van der Waals surface area contributed by atoms with Gasteiger partial charge in [0.05, 0.1) is 72.1 Å². The van der Waals surface area contributed by atoms with Crippen LogP contribution in [0.3, 0.4) is 0 Å². The number of aliphatic hydroxyl groups is 3. The molecule has 0 bridgehead atoms. The van der Waals surface area contributed by atoms with E-state index in [0.29, 0.717) is 39.6 Å². The molecule has 3 N–H and O–H groups in total. The zero-order valence-corrected chi connectivity index (χ0v) is 38.1. The first kappa shape index (κ1) is 57.7. The van der Waals surface area contributed by atoms with Crippen LogP contribution in [0.2, 0.25) is 0 Å². The van der Waals surface area contributed by atoms with Crippen LogP contribution < -0.4 is 0 Å². The Balaban J connectivity index is 0. The summed E-state index contributed by atoms with van der Waals surface area (Å²) < 4.78 is 49.6. The van der Waals surface area contributed by atoms with Crippen molar-refractivity contribution < 1.29 is 51.2 Å². The maximum Gasteiger partial charge on any atom is 0.217 e. The van der Waals surface area contributed by atoms with Crippen molar-refractivity contribution >= 4 is 10.4 Å². The van der Waals surface area contributed by atoms with E-state index in [2.05, 4.69) is 32.0 Å². The molecule has 0 aliphatic rings. The first-order valence-corrected chi connectivity index (χ1v) is 24.4. The SMILES string of the molecule is CCCCCCCCCCC(O)COCC[N+](C)(CCOCC(O)CCCCCCCCCC)CCOCC(O)CCCCCCCCCC.COS(=O)(=O)[O-]. The number of likely N-dealkylation sites (N-methyl/N-ethyl adjacent to an activating group) is 1. The van der Waals surface area contributed by atoms with Crippen LogP contribution >= 0.6 is 0 Å². The third-order valence-electron chi connectivity index (χ3n) is 10.6. The third kappa shape index (κ3) is 46.3. The summed E-state index contributed by atoms with van der Waals surface area (Å²) in [6.45, 7) is 12.1. The fourth-order valence-electron chi connectivity index (χ4n) is 6.64. The number of rotatable bonds is 43. The summed E-state index contributed by atoms with van der Waals surface area (Å²) in [5.74, 6) is 0. The summed E-state index contributed by atoms with van der Waals surface area (Å²) in [5.41, 5.74) is 0. The van der Waals surface area contributed by atoms with Crippen LogP contribution in [0.15, 0.2) is 0 Å². The highest BCUT2D eigenvalue weighted by molar-refractivity contribution is 7.80. The Hall–Kier alpha value is -0.410. The molecule has 0 spiro atoms. The molecule has 0 aromatic carbocycles. The second-order valence-electron chi connectivity index (χ2n) is 16.3. The molecule has 3 unspecified atom stereocenters. The molecule has 0 aromatic heterocycles. The minimum atomic E-state index is -4.41. The van der Waals surface area contributed by atoms with Crippen molar-refractivity contribution in [1.29, 1.82) is 0 Å². The van der Waals surface area contributed by atoms with E-state index >= 15 is 0 Å². The van der Waals surface area contributed by atoms with E-state index in [1.54, 1.807) is 0 Å². The van der Waals surface area contributed by atoms with E-state index in [1.807, 2.05) is 0 Å². The van der Waals surface area contributed by atoms with Crippen molar-refractivity contribution in [2.24, 2.45) is 0 Å². The highest BCUT2D eigenvalue weighted by Gasteiger charge is 2.22. The van der Waals surface area contributed by atoms with Gasteiger partial charge in [-0.25, -0.2) is 8.42 Å². The van der Waals surface area contributed by atoms with E-state index in [1.165, 1.54) is 135 Å². The Morgan fingerprint density at radius 2 is 0.679 bits per heavy atom. The van der Waals surface area contributed by atoms with Gasteiger partial charge in [0.15, 0.2) is 0 Å². The van der Waals surface area contributed by atoms with Crippen LogP contribution in [0, 0.1) is 0 Å². The normalized spacial score (nSPS) is 14.6. The number of unbranched alkanes of at least 4 members (excludes halogenated alkanes) is 21. The number of hydrogen-bond acceptors (Lipinski definition) is 10. The molecule has 11 nitrogen and oxygen atoms in total. The molecule has 0 aliphatic carbocycles. The van der Waals surface area contributed by atoms with Crippen LogP contribution in [0.1, 0.15) is 194 Å². The van der Waals surface area contributed by atoms with Crippen molar-refractivity contribution in [3.8, 4) is 0 Å². The monoisotopic (exact) mass is 828 g/mol. The molecule has 0 amide bonds. The van der Waals surface area contributed by atoms with Gasteiger partial charge in [-0.05, 0) is 19.3 Å². The molecule has 0 fully saturated rings. The molecule has 340 valence electrons. The average Bonchev–Trinajstić information content (AvgIpc) is 3.17. The van der Waals surface area contributed by atoms with E-state index in [0.717, 1.165) is 69.8 Å². The highest BCUT2D eigenvalue weighted by Crippen LogP contribution is 2.14. The Labute approximate surface area is 346 Å². The van der Waals surface area contributed by atoms with Crippen molar-refractivity contribution in [1.82, 2.24) is 0 Å². The molecule has 0 heterocycles. The smallest absolute Gasteiger partial charge is 0.217 e. The van der Waals surface area contributed by atoms with Crippen LogP contribution in [-0.2, 0) is 28.8 Å². The molecular weight excluding hydrogens is 735 g/mol. The van der Waals surface area contributed by atoms with Crippen molar-refractivity contribution in [2.45, 2.75) is 212 Å². The zero-order chi connectivity index (χ0) is 42.0. The Morgan fingerprint density at radius 1 is 0.464 bits per heavy atom. The Morgan fingerprint density at radius 3 is 0.893 bits per heavy atom. The summed E-state index contributed by atoms with van der Waals surface area (Å²) in [5, 5.41) is 31.4. The molecular formula is C44H93NO10S. The maximum atomic E-state index is 10.5.